The zero-order valence-corrected chi connectivity index (χ0v) is 26.5. The van der Waals surface area contributed by atoms with Gasteiger partial charge in [0.15, 0.2) is 23.8 Å². The molecule has 0 spiro atoms. The first kappa shape index (κ1) is 35.2. The molecule has 1 aromatic carbocycles. The lowest BCUT2D eigenvalue weighted by Crippen LogP contribution is -2.70. The number of nitrogens with zero attached hydrogens (tertiary/aromatic N) is 2. The van der Waals surface area contributed by atoms with Crippen LogP contribution in [-0.2, 0) is 49.3 Å². The molecule has 2 aromatic rings. The third-order valence-electron chi connectivity index (χ3n) is 6.66. The molecule has 0 radical (unpaired) electrons. The van der Waals surface area contributed by atoms with E-state index in [0.29, 0.717) is 16.8 Å². The monoisotopic (exact) mass is 638 g/mol. The summed E-state index contributed by atoms with van der Waals surface area (Å²) in [5.41, 5.74) is 1.53. The molecule has 0 bridgehead atoms. The Morgan fingerprint density at radius 3 is 2.18 bits per heavy atom. The summed E-state index contributed by atoms with van der Waals surface area (Å²) < 4.78 is 54.6. The Kier molecular flexibility index (Phi) is 11.5. The molecule has 5 atom stereocenters. The quantitative estimate of drug-likeness (QED) is 0.205. The van der Waals surface area contributed by atoms with Gasteiger partial charge in [-0.3, -0.25) is 23.9 Å². The Hall–Kier alpha value is -4.24. The number of halogens is 1. The Balaban J connectivity index is 2.15. The normalized spacial score (nSPS) is 22.8. The van der Waals surface area contributed by atoms with E-state index in [1.807, 2.05) is 13.8 Å². The van der Waals surface area contributed by atoms with Crippen LogP contribution in [0.2, 0.25) is 0 Å². The van der Waals surface area contributed by atoms with Crippen LogP contribution >= 0.6 is 0 Å². The van der Waals surface area contributed by atoms with Crippen molar-refractivity contribution >= 4 is 23.9 Å². The zero-order chi connectivity index (χ0) is 33.6. The van der Waals surface area contributed by atoms with Crippen LogP contribution in [0.1, 0.15) is 71.3 Å². The minimum Gasteiger partial charge on any atom is -0.491 e. The Bertz CT molecular complexity index is 1410. The minimum atomic E-state index is -2.94. The highest BCUT2D eigenvalue weighted by molar-refractivity contribution is 5.68. The van der Waals surface area contributed by atoms with Crippen molar-refractivity contribution in [2.45, 2.75) is 98.2 Å². The highest BCUT2D eigenvalue weighted by Crippen LogP contribution is 2.38. The van der Waals surface area contributed by atoms with Gasteiger partial charge in [0, 0.05) is 51.4 Å². The Labute approximate surface area is 259 Å². The molecule has 1 aliphatic heterocycles. The minimum absolute atomic E-state index is 0.0752. The maximum Gasteiger partial charge on any atom is 0.369 e. The molecule has 2 heterocycles. The predicted molar refractivity (Wildman–Crippen MR) is 151 cm³/mol. The summed E-state index contributed by atoms with van der Waals surface area (Å²) in [6.45, 7) is 11.2. The Morgan fingerprint density at radius 2 is 1.64 bits per heavy atom. The van der Waals surface area contributed by atoms with Crippen LogP contribution in [0.5, 0.6) is 11.6 Å². The lowest BCUT2D eigenvalue weighted by atomic mass is 9.96. The summed E-state index contributed by atoms with van der Waals surface area (Å²) in [5, 5.41) is 16.5. The molecule has 0 saturated carbocycles. The lowest BCUT2D eigenvalue weighted by molar-refractivity contribution is -0.422. The second kappa shape index (κ2) is 14.7. The Morgan fingerprint density at radius 1 is 1.02 bits per heavy atom. The number of rotatable bonds is 12. The van der Waals surface area contributed by atoms with Gasteiger partial charge in [-0.15, -0.1) is 5.10 Å². The fraction of sp³-hybridized carbons (Fsp3) is 0.567. The van der Waals surface area contributed by atoms with Crippen molar-refractivity contribution in [3.63, 3.8) is 0 Å². The largest absolute Gasteiger partial charge is 0.491 e. The van der Waals surface area contributed by atoms with Crippen LogP contribution < -0.4 is 9.47 Å². The van der Waals surface area contributed by atoms with Gasteiger partial charge in [-0.1, -0.05) is 6.07 Å². The van der Waals surface area contributed by atoms with Crippen molar-refractivity contribution in [1.29, 1.82) is 0 Å². The first-order chi connectivity index (χ1) is 21.1. The highest BCUT2D eigenvalue weighted by atomic mass is 19.1. The van der Waals surface area contributed by atoms with Crippen LogP contribution in [0.25, 0.3) is 0 Å². The standard InChI is InChI=1S/C30H39FN2O12/c1-9-39-24-11-10-21(13-23(24)31)12-22-16(4)33(15(2)3)32-29(22)45-30(38)28(43-20(8)37)27(42-19(7)36)26(41-18(6)35)25(44-30)14-40-17(5)34/h10-11,13,15,25-28,38H,9,12,14H2,1-8H3/t25-,26-,27+,28-,30-/m1/s1. The van der Waals surface area contributed by atoms with E-state index in [1.54, 1.807) is 24.6 Å². The fourth-order valence-corrected chi connectivity index (χ4v) is 4.91. The first-order valence-electron chi connectivity index (χ1n) is 14.3. The van der Waals surface area contributed by atoms with Crippen LogP contribution in [0.4, 0.5) is 4.39 Å². The number of ether oxygens (including phenoxy) is 7. The van der Waals surface area contributed by atoms with Crippen molar-refractivity contribution in [2.75, 3.05) is 13.2 Å². The number of benzene rings is 1. The number of aliphatic hydroxyl groups is 1. The summed E-state index contributed by atoms with van der Waals surface area (Å²) in [6.07, 6.45) is -6.54. The van der Waals surface area contributed by atoms with Gasteiger partial charge in [0.05, 0.1) is 6.61 Å². The average molecular weight is 639 g/mol. The number of esters is 4. The van der Waals surface area contributed by atoms with Gasteiger partial charge >= 0.3 is 29.9 Å². The second-order valence-electron chi connectivity index (χ2n) is 10.7. The van der Waals surface area contributed by atoms with E-state index in [9.17, 15) is 28.7 Å². The van der Waals surface area contributed by atoms with Gasteiger partial charge in [0.2, 0.25) is 12.0 Å². The van der Waals surface area contributed by atoms with E-state index in [4.69, 9.17) is 33.2 Å². The summed E-state index contributed by atoms with van der Waals surface area (Å²) in [7, 11) is 0. The lowest BCUT2D eigenvalue weighted by Gasteiger charge is -2.47. The van der Waals surface area contributed by atoms with Crippen LogP contribution in [-0.4, -0.2) is 82.4 Å². The number of carbonyl (C=O) groups excluding carboxylic acids is 4. The molecule has 45 heavy (non-hydrogen) atoms. The molecule has 1 N–H and O–H groups in total. The van der Waals surface area contributed by atoms with Gasteiger partial charge in [-0.05, 0) is 45.4 Å². The molecular weight excluding hydrogens is 599 g/mol. The molecule has 0 aliphatic carbocycles. The molecule has 1 fully saturated rings. The third kappa shape index (κ3) is 8.69. The van der Waals surface area contributed by atoms with E-state index in [-0.39, 0.29) is 30.7 Å². The van der Waals surface area contributed by atoms with E-state index in [1.165, 1.54) is 12.1 Å². The molecule has 14 nitrogen and oxygen atoms in total. The number of carbonyl (C=O) groups is 4. The summed E-state index contributed by atoms with van der Waals surface area (Å²) in [5.74, 6) is -7.00. The first-order valence-corrected chi connectivity index (χ1v) is 14.3. The molecular formula is C30H39FN2O12. The summed E-state index contributed by atoms with van der Waals surface area (Å²) in [6, 6.07) is 4.25. The van der Waals surface area contributed by atoms with Gasteiger partial charge in [0.1, 0.15) is 12.7 Å². The van der Waals surface area contributed by atoms with Crippen LogP contribution in [0.3, 0.4) is 0 Å². The average Bonchev–Trinajstić information content (AvgIpc) is 3.22. The summed E-state index contributed by atoms with van der Waals surface area (Å²) >= 11 is 0. The molecule has 0 unspecified atom stereocenters. The molecule has 0 amide bonds. The van der Waals surface area contributed by atoms with Crippen molar-refractivity contribution in [1.82, 2.24) is 9.78 Å². The molecule has 3 rings (SSSR count). The fourth-order valence-electron chi connectivity index (χ4n) is 4.91. The van der Waals surface area contributed by atoms with Gasteiger partial charge in [-0.25, -0.2) is 4.39 Å². The molecule has 1 aliphatic rings. The maximum absolute atomic E-state index is 14.7. The smallest absolute Gasteiger partial charge is 0.369 e. The van der Waals surface area contributed by atoms with Crippen molar-refractivity contribution in [3.05, 3.63) is 40.8 Å². The van der Waals surface area contributed by atoms with E-state index in [0.717, 1.165) is 27.7 Å². The molecule has 248 valence electrons. The summed E-state index contributed by atoms with van der Waals surface area (Å²) in [4.78, 5) is 48.1. The third-order valence-corrected chi connectivity index (χ3v) is 6.66. The number of aromatic nitrogens is 2. The van der Waals surface area contributed by atoms with E-state index < -0.39 is 66.7 Å². The van der Waals surface area contributed by atoms with Crippen molar-refractivity contribution in [2.24, 2.45) is 0 Å². The van der Waals surface area contributed by atoms with Gasteiger partial charge < -0.3 is 38.3 Å². The van der Waals surface area contributed by atoms with Crippen molar-refractivity contribution in [3.8, 4) is 11.6 Å². The van der Waals surface area contributed by atoms with E-state index in [2.05, 4.69) is 5.10 Å². The molecule has 1 saturated heterocycles. The zero-order valence-electron chi connectivity index (χ0n) is 26.5. The number of hydrogen-bond acceptors (Lipinski definition) is 13. The predicted octanol–water partition coefficient (Wildman–Crippen LogP) is 2.68. The maximum atomic E-state index is 14.7. The SMILES string of the molecule is CCOc1ccc(Cc2c(O[C@]3(O)O[C@H](COC(C)=O)[C@@H](OC(C)=O)[C@H](OC(C)=O)[C@H]3OC(C)=O)nn(C(C)C)c2C)cc1F. The number of hydrogen-bond donors (Lipinski definition) is 1. The highest BCUT2D eigenvalue weighted by Gasteiger charge is 2.62. The molecule has 1 aromatic heterocycles. The van der Waals surface area contributed by atoms with Gasteiger partial charge in [-0.2, -0.15) is 0 Å². The molecule has 15 heteroatoms. The topological polar surface area (TPSA) is 171 Å². The van der Waals surface area contributed by atoms with E-state index >= 15 is 0 Å². The second-order valence-corrected chi connectivity index (χ2v) is 10.7. The van der Waals surface area contributed by atoms with Crippen LogP contribution in [0, 0.1) is 12.7 Å². The van der Waals surface area contributed by atoms with Gasteiger partial charge in [0.25, 0.3) is 0 Å². The van der Waals surface area contributed by atoms with Crippen molar-refractivity contribution < 1.29 is 61.8 Å². The van der Waals surface area contributed by atoms with Crippen LogP contribution in [0.15, 0.2) is 18.2 Å².